The zero-order valence-electron chi connectivity index (χ0n) is 12.8. The molecule has 0 aliphatic carbocycles. The second-order valence-corrected chi connectivity index (χ2v) is 6.51. The highest BCUT2D eigenvalue weighted by molar-refractivity contribution is 6.05. The maximum atomic E-state index is 12.7. The minimum Gasteiger partial charge on any atom is -0.322 e. The molecule has 0 aromatic heterocycles. The number of carbonyl (C=O) groups excluding carboxylic acids is 3. The topological polar surface area (TPSA) is 78.5 Å². The van der Waals surface area contributed by atoms with Gasteiger partial charge in [-0.3, -0.25) is 19.7 Å². The molecule has 4 rings (SSSR count). The average molecular weight is 313 g/mol. The van der Waals surface area contributed by atoms with Crippen LogP contribution in [0.1, 0.15) is 46.7 Å². The summed E-state index contributed by atoms with van der Waals surface area (Å²) in [5.41, 5.74) is 2.86. The molecular weight excluding hydrogens is 294 g/mol. The summed E-state index contributed by atoms with van der Waals surface area (Å²) in [6.07, 6.45) is 1.78. The highest BCUT2D eigenvalue weighted by Gasteiger charge is 2.39. The number of hydrogen-bond acceptors (Lipinski definition) is 4. The molecule has 2 atom stereocenters. The second-order valence-electron chi connectivity index (χ2n) is 6.51. The third-order valence-corrected chi connectivity index (χ3v) is 5.08. The summed E-state index contributed by atoms with van der Waals surface area (Å²) >= 11 is 0. The molecule has 3 amide bonds. The van der Waals surface area contributed by atoms with Gasteiger partial charge in [-0.1, -0.05) is 12.1 Å². The Morgan fingerprint density at radius 3 is 2.74 bits per heavy atom. The number of hydrogen-bond donors (Lipinski definition) is 2. The summed E-state index contributed by atoms with van der Waals surface area (Å²) in [5, 5.41) is 5.67. The van der Waals surface area contributed by atoms with Gasteiger partial charge < -0.3 is 10.2 Å². The van der Waals surface area contributed by atoms with Crippen LogP contribution in [0.4, 0.5) is 0 Å². The Kier molecular flexibility index (Phi) is 3.41. The molecule has 2 fully saturated rings. The van der Waals surface area contributed by atoms with E-state index in [0.29, 0.717) is 24.4 Å². The molecule has 0 bridgehead atoms. The normalized spacial score (nSPS) is 27.3. The van der Waals surface area contributed by atoms with Crippen LogP contribution in [0.5, 0.6) is 0 Å². The maximum absolute atomic E-state index is 12.7. The predicted molar refractivity (Wildman–Crippen MR) is 82.7 cm³/mol. The first-order valence-corrected chi connectivity index (χ1v) is 8.11. The van der Waals surface area contributed by atoms with Crippen LogP contribution in [0.3, 0.4) is 0 Å². The van der Waals surface area contributed by atoms with Crippen LogP contribution in [-0.2, 0) is 16.1 Å². The molecule has 0 saturated carbocycles. The first kappa shape index (κ1) is 14.4. The maximum Gasteiger partial charge on any atom is 0.255 e. The predicted octanol–water partition coefficient (Wildman–Crippen LogP) is 0.525. The van der Waals surface area contributed by atoms with Gasteiger partial charge in [0.1, 0.15) is 6.04 Å². The zero-order valence-corrected chi connectivity index (χ0v) is 12.8. The van der Waals surface area contributed by atoms with Gasteiger partial charge in [0.2, 0.25) is 11.8 Å². The summed E-state index contributed by atoms with van der Waals surface area (Å²) in [7, 11) is 0. The van der Waals surface area contributed by atoms with Crippen LogP contribution in [0.15, 0.2) is 18.2 Å². The van der Waals surface area contributed by atoms with Crippen molar-refractivity contribution in [1.29, 1.82) is 0 Å². The minimum atomic E-state index is -0.538. The molecule has 2 saturated heterocycles. The van der Waals surface area contributed by atoms with Crippen LogP contribution in [0.2, 0.25) is 0 Å². The summed E-state index contributed by atoms with van der Waals surface area (Å²) in [4.78, 5) is 37.7. The van der Waals surface area contributed by atoms with E-state index in [0.717, 1.165) is 25.1 Å². The molecule has 3 aliphatic rings. The molecule has 120 valence electrons. The number of benzene rings is 1. The molecule has 6 heteroatoms. The van der Waals surface area contributed by atoms with E-state index in [9.17, 15) is 14.4 Å². The van der Waals surface area contributed by atoms with E-state index in [1.165, 1.54) is 5.56 Å². The van der Waals surface area contributed by atoms with Crippen LogP contribution in [0, 0.1) is 0 Å². The fraction of sp³-hybridized carbons (Fsp3) is 0.471. The van der Waals surface area contributed by atoms with Crippen molar-refractivity contribution in [1.82, 2.24) is 15.5 Å². The molecule has 0 spiro atoms. The number of nitrogens with zero attached hydrogens (tertiary/aromatic N) is 1. The Hall–Kier alpha value is -2.21. The first-order valence-electron chi connectivity index (χ1n) is 8.11. The Balaban J connectivity index is 1.58. The van der Waals surface area contributed by atoms with E-state index in [2.05, 4.69) is 16.7 Å². The van der Waals surface area contributed by atoms with Gasteiger partial charge in [0.15, 0.2) is 0 Å². The van der Waals surface area contributed by atoms with Gasteiger partial charge in [-0.15, -0.1) is 0 Å². The van der Waals surface area contributed by atoms with Crippen molar-refractivity contribution in [3.05, 3.63) is 34.9 Å². The highest BCUT2D eigenvalue weighted by Crippen LogP contribution is 2.31. The van der Waals surface area contributed by atoms with Crippen molar-refractivity contribution < 1.29 is 14.4 Å². The lowest BCUT2D eigenvalue weighted by atomic mass is 9.95. The molecule has 3 aliphatic heterocycles. The van der Waals surface area contributed by atoms with E-state index in [-0.39, 0.29) is 24.1 Å². The lowest BCUT2D eigenvalue weighted by molar-refractivity contribution is -0.136. The third-order valence-electron chi connectivity index (χ3n) is 5.08. The second kappa shape index (κ2) is 5.45. The van der Waals surface area contributed by atoms with E-state index >= 15 is 0 Å². The largest absolute Gasteiger partial charge is 0.322 e. The van der Waals surface area contributed by atoms with Gasteiger partial charge in [-0.25, -0.2) is 0 Å². The monoisotopic (exact) mass is 313 g/mol. The van der Waals surface area contributed by atoms with Gasteiger partial charge >= 0.3 is 0 Å². The Morgan fingerprint density at radius 1 is 1.13 bits per heavy atom. The minimum absolute atomic E-state index is 0.0951. The fourth-order valence-electron chi connectivity index (χ4n) is 3.77. The zero-order chi connectivity index (χ0) is 16.0. The molecule has 1 aromatic rings. The lowest BCUT2D eigenvalue weighted by Gasteiger charge is -2.29. The van der Waals surface area contributed by atoms with Crippen molar-refractivity contribution in [2.45, 2.75) is 37.8 Å². The fourth-order valence-corrected chi connectivity index (χ4v) is 3.77. The number of nitrogens with one attached hydrogen (secondary N) is 2. The first-order chi connectivity index (χ1) is 11.1. The molecule has 23 heavy (non-hydrogen) atoms. The Morgan fingerprint density at radius 2 is 2.00 bits per heavy atom. The summed E-state index contributed by atoms with van der Waals surface area (Å²) < 4.78 is 0. The third kappa shape index (κ3) is 2.43. The van der Waals surface area contributed by atoms with Gasteiger partial charge in [0.05, 0.1) is 0 Å². The quantitative estimate of drug-likeness (QED) is 0.781. The Labute approximate surface area is 134 Å². The van der Waals surface area contributed by atoms with Crippen molar-refractivity contribution in [2.75, 3.05) is 13.1 Å². The van der Waals surface area contributed by atoms with Gasteiger partial charge in [0, 0.05) is 25.1 Å². The standard InChI is InChI=1S/C17H19N3O3/c21-15-4-3-14(16(22)19-15)20-9-12-2-1-10(7-13(12)17(20)23)11-5-6-18-8-11/h1-2,7,11,14,18H,3-6,8-9H2,(H,19,21,22). The van der Waals surface area contributed by atoms with Crippen molar-refractivity contribution in [3.8, 4) is 0 Å². The highest BCUT2D eigenvalue weighted by atomic mass is 16.2. The number of amides is 3. The molecule has 3 heterocycles. The van der Waals surface area contributed by atoms with E-state index in [1.807, 2.05) is 12.1 Å². The number of rotatable bonds is 2. The molecule has 1 aromatic carbocycles. The van der Waals surface area contributed by atoms with E-state index in [1.54, 1.807) is 4.90 Å². The summed E-state index contributed by atoms with van der Waals surface area (Å²) in [6, 6.07) is 5.55. The molecule has 0 radical (unpaired) electrons. The van der Waals surface area contributed by atoms with Crippen molar-refractivity contribution in [3.63, 3.8) is 0 Å². The average Bonchev–Trinajstić information content (AvgIpc) is 3.16. The summed E-state index contributed by atoms with van der Waals surface area (Å²) in [6.45, 7) is 2.41. The number of imide groups is 1. The number of fused-ring (bicyclic) bond motifs is 1. The Bertz CT molecular complexity index is 694. The van der Waals surface area contributed by atoms with Crippen molar-refractivity contribution in [2.24, 2.45) is 0 Å². The number of carbonyl (C=O) groups is 3. The van der Waals surface area contributed by atoms with Crippen LogP contribution >= 0.6 is 0 Å². The van der Waals surface area contributed by atoms with Crippen LogP contribution in [-0.4, -0.2) is 41.8 Å². The van der Waals surface area contributed by atoms with Gasteiger partial charge in [-0.05, 0) is 42.5 Å². The molecule has 6 nitrogen and oxygen atoms in total. The summed E-state index contributed by atoms with van der Waals surface area (Å²) in [5.74, 6) is -0.255. The van der Waals surface area contributed by atoms with E-state index < -0.39 is 6.04 Å². The molecular formula is C17H19N3O3. The number of piperidine rings is 1. The van der Waals surface area contributed by atoms with Crippen molar-refractivity contribution >= 4 is 17.7 Å². The van der Waals surface area contributed by atoms with E-state index in [4.69, 9.17) is 0 Å². The molecule has 2 N–H and O–H groups in total. The van der Waals surface area contributed by atoms with Gasteiger partial charge in [-0.2, -0.15) is 0 Å². The van der Waals surface area contributed by atoms with Crippen LogP contribution in [0.25, 0.3) is 0 Å². The van der Waals surface area contributed by atoms with Gasteiger partial charge in [0.25, 0.3) is 5.91 Å². The van der Waals surface area contributed by atoms with Crippen LogP contribution < -0.4 is 10.6 Å². The smallest absolute Gasteiger partial charge is 0.255 e. The lowest BCUT2D eigenvalue weighted by Crippen LogP contribution is -2.52. The molecule has 2 unspecified atom stereocenters. The SMILES string of the molecule is O=C1CCC(N2Cc3ccc(C4CCNC4)cc3C2=O)C(=O)N1.